The second-order valence-corrected chi connectivity index (χ2v) is 12.3. The summed E-state index contributed by atoms with van der Waals surface area (Å²) in [7, 11) is -1.12. The largest absolute Gasteiger partial charge is 0.342 e. The standard InChI is InChI=1S/C22H30N4O3S2/c1-16(30-22-24-23-20(25(22)2)19-10-13-31(28,29)15-19)21(27)26-11-8-18(9-12-26)14-17-6-4-3-5-7-17/h3-7,16,18-19H,8-15H2,1-2H3. The average Bonchev–Trinajstić information content (AvgIpc) is 3.30. The zero-order valence-corrected chi connectivity index (χ0v) is 19.7. The number of rotatable bonds is 6. The summed E-state index contributed by atoms with van der Waals surface area (Å²) in [4.78, 5) is 15.0. The van der Waals surface area contributed by atoms with E-state index in [-0.39, 0.29) is 28.6 Å². The van der Waals surface area contributed by atoms with Crippen LogP contribution in [0.25, 0.3) is 0 Å². The summed E-state index contributed by atoms with van der Waals surface area (Å²) in [6.07, 6.45) is 3.72. The number of carbonyl (C=O) groups is 1. The molecule has 2 saturated heterocycles. The van der Waals surface area contributed by atoms with Crippen molar-refractivity contribution >= 4 is 27.5 Å². The number of piperidine rings is 1. The predicted molar refractivity (Wildman–Crippen MR) is 122 cm³/mol. The zero-order valence-electron chi connectivity index (χ0n) is 18.1. The lowest BCUT2D eigenvalue weighted by Crippen LogP contribution is -2.42. The molecule has 0 spiro atoms. The number of aromatic nitrogens is 3. The van der Waals surface area contributed by atoms with Crippen LogP contribution in [0.15, 0.2) is 35.5 Å². The molecule has 2 aliphatic rings. The van der Waals surface area contributed by atoms with E-state index in [2.05, 4.69) is 34.5 Å². The Bertz CT molecular complexity index is 1010. The van der Waals surface area contributed by atoms with E-state index in [4.69, 9.17) is 0 Å². The lowest BCUT2D eigenvalue weighted by molar-refractivity contribution is -0.131. The molecule has 1 aromatic heterocycles. The highest BCUT2D eigenvalue weighted by Crippen LogP contribution is 2.31. The predicted octanol–water partition coefficient (Wildman–Crippen LogP) is 2.68. The van der Waals surface area contributed by atoms with Crippen LogP contribution in [0, 0.1) is 5.92 Å². The topological polar surface area (TPSA) is 85.2 Å². The van der Waals surface area contributed by atoms with Crippen molar-refractivity contribution in [3.8, 4) is 0 Å². The fourth-order valence-electron chi connectivity index (χ4n) is 4.55. The highest BCUT2D eigenvalue weighted by molar-refractivity contribution is 8.00. The number of hydrogen-bond acceptors (Lipinski definition) is 6. The van der Waals surface area contributed by atoms with E-state index < -0.39 is 9.84 Å². The maximum atomic E-state index is 13.0. The van der Waals surface area contributed by atoms with Gasteiger partial charge in [0.2, 0.25) is 5.91 Å². The Morgan fingerprint density at radius 1 is 1.16 bits per heavy atom. The summed E-state index contributed by atoms with van der Waals surface area (Å²) in [5.74, 6) is 1.70. The van der Waals surface area contributed by atoms with Crippen molar-refractivity contribution in [1.29, 1.82) is 0 Å². The molecule has 0 aliphatic carbocycles. The van der Waals surface area contributed by atoms with Gasteiger partial charge in [-0.05, 0) is 44.1 Å². The van der Waals surface area contributed by atoms with E-state index >= 15 is 0 Å². The Morgan fingerprint density at radius 2 is 1.87 bits per heavy atom. The van der Waals surface area contributed by atoms with Crippen LogP contribution in [0.5, 0.6) is 0 Å². The first-order valence-electron chi connectivity index (χ1n) is 10.9. The van der Waals surface area contributed by atoms with E-state index in [1.54, 1.807) is 0 Å². The summed E-state index contributed by atoms with van der Waals surface area (Å²) in [5.41, 5.74) is 1.37. The summed E-state index contributed by atoms with van der Waals surface area (Å²) in [5, 5.41) is 8.90. The van der Waals surface area contributed by atoms with Gasteiger partial charge in [-0.1, -0.05) is 42.1 Å². The number of sulfone groups is 1. The Labute approximate surface area is 188 Å². The molecule has 2 fully saturated rings. The first kappa shape index (κ1) is 22.3. The monoisotopic (exact) mass is 462 g/mol. The molecule has 0 bridgehead atoms. The van der Waals surface area contributed by atoms with Gasteiger partial charge >= 0.3 is 0 Å². The van der Waals surface area contributed by atoms with Gasteiger partial charge in [0.1, 0.15) is 5.82 Å². The van der Waals surface area contributed by atoms with E-state index in [0.29, 0.717) is 23.3 Å². The SMILES string of the molecule is CC(Sc1nnc(C2CCS(=O)(=O)C2)n1C)C(=O)N1CCC(Cc2ccccc2)CC1. The molecule has 168 valence electrons. The van der Waals surface area contributed by atoms with Crippen LogP contribution in [-0.4, -0.2) is 63.8 Å². The Hall–Kier alpha value is -1.87. The number of nitrogens with zero attached hydrogens (tertiary/aromatic N) is 4. The lowest BCUT2D eigenvalue weighted by atomic mass is 9.90. The van der Waals surface area contributed by atoms with Crippen molar-refractivity contribution in [2.24, 2.45) is 13.0 Å². The average molecular weight is 463 g/mol. The fraction of sp³-hybridized carbons (Fsp3) is 0.591. The van der Waals surface area contributed by atoms with Crippen molar-refractivity contribution in [2.75, 3.05) is 24.6 Å². The highest BCUT2D eigenvalue weighted by atomic mass is 32.2. The third-order valence-electron chi connectivity index (χ3n) is 6.39. The zero-order chi connectivity index (χ0) is 22.0. The van der Waals surface area contributed by atoms with E-state index in [0.717, 1.165) is 32.4 Å². The van der Waals surface area contributed by atoms with Gasteiger partial charge in [-0.25, -0.2) is 8.42 Å². The number of likely N-dealkylation sites (tertiary alicyclic amines) is 1. The third-order valence-corrected chi connectivity index (χ3v) is 9.28. The molecule has 7 nitrogen and oxygen atoms in total. The van der Waals surface area contributed by atoms with Crippen molar-refractivity contribution in [3.05, 3.63) is 41.7 Å². The van der Waals surface area contributed by atoms with Gasteiger partial charge in [-0.2, -0.15) is 0 Å². The van der Waals surface area contributed by atoms with Crippen molar-refractivity contribution in [3.63, 3.8) is 0 Å². The van der Waals surface area contributed by atoms with Gasteiger partial charge in [-0.3, -0.25) is 4.79 Å². The van der Waals surface area contributed by atoms with Gasteiger partial charge in [-0.15, -0.1) is 10.2 Å². The molecule has 9 heteroatoms. The van der Waals surface area contributed by atoms with Crippen LogP contribution in [0.4, 0.5) is 0 Å². The maximum absolute atomic E-state index is 13.0. The van der Waals surface area contributed by atoms with Crippen LogP contribution in [0.3, 0.4) is 0 Å². The minimum Gasteiger partial charge on any atom is -0.342 e. The van der Waals surface area contributed by atoms with Crippen molar-refractivity contribution < 1.29 is 13.2 Å². The molecule has 4 rings (SSSR count). The molecule has 1 amide bonds. The van der Waals surface area contributed by atoms with E-state index in [9.17, 15) is 13.2 Å². The van der Waals surface area contributed by atoms with Gasteiger partial charge in [0.05, 0.1) is 16.8 Å². The number of carbonyl (C=O) groups excluding carboxylic acids is 1. The summed E-state index contributed by atoms with van der Waals surface area (Å²) >= 11 is 1.40. The summed E-state index contributed by atoms with van der Waals surface area (Å²) < 4.78 is 25.4. The molecule has 1 aromatic carbocycles. The van der Waals surface area contributed by atoms with Crippen LogP contribution >= 0.6 is 11.8 Å². The van der Waals surface area contributed by atoms with Gasteiger partial charge in [0, 0.05) is 26.1 Å². The van der Waals surface area contributed by atoms with Crippen molar-refractivity contribution in [2.45, 2.75) is 48.9 Å². The molecule has 2 aliphatic heterocycles. The highest BCUT2D eigenvalue weighted by Gasteiger charge is 2.33. The van der Waals surface area contributed by atoms with Crippen LogP contribution in [0.2, 0.25) is 0 Å². The summed E-state index contributed by atoms with van der Waals surface area (Å²) in [6, 6.07) is 10.5. The fourth-order valence-corrected chi connectivity index (χ4v) is 7.20. The number of amides is 1. The quantitative estimate of drug-likeness (QED) is 0.614. The molecule has 2 aromatic rings. The van der Waals surface area contributed by atoms with Crippen LogP contribution in [0.1, 0.15) is 43.5 Å². The molecule has 3 heterocycles. The molecule has 2 unspecified atom stereocenters. The van der Waals surface area contributed by atoms with Crippen LogP contribution < -0.4 is 0 Å². The third kappa shape index (κ3) is 5.31. The molecule has 2 atom stereocenters. The van der Waals surface area contributed by atoms with Gasteiger partial charge < -0.3 is 9.47 Å². The van der Waals surface area contributed by atoms with E-state index in [1.165, 1.54) is 17.3 Å². The molecule has 0 radical (unpaired) electrons. The molecule has 0 saturated carbocycles. The first-order chi connectivity index (χ1) is 14.8. The van der Waals surface area contributed by atoms with Crippen molar-refractivity contribution in [1.82, 2.24) is 19.7 Å². The number of hydrogen-bond donors (Lipinski definition) is 0. The normalized spacial score (nSPS) is 22.5. The van der Waals surface area contributed by atoms with E-state index in [1.807, 2.05) is 29.5 Å². The minimum absolute atomic E-state index is 0.105. The van der Waals surface area contributed by atoms with Gasteiger partial charge in [0.15, 0.2) is 15.0 Å². The Balaban J connectivity index is 1.30. The van der Waals surface area contributed by atoms with Crippen LogP contribution in [-0.2, 0) is 28.1 Å². The molecule has 0 N–H and O–H groups in total. The smallest absolute Gasteiger partial charge is 0.235 e. The molecular formula is C22H30N4O3S2. The molecular weight excluding hydrogens is 432 g/mol. The second kappa shape index (κ2) is 9.32. The Morgan fingerprint density at radius 3 is 2.52 bits per heavy atom. The number of thioether (sulfide) groups is 1. The summed E-state index contributed by atoms with van der Waals surface area (Å²) in [6.45, 7) is 3.51. The second-order valence-electron chi connectivity index (χ2n) is 8.72. The Kier molecular flexibility index (Phi) is 6.71. The number of benzene rings is 1. The first-order valence-corrected chi connectivity index (χ1v) is 13.6. The lowest BCUT2D eigenvalue weighted by Gasteiger charge is -2.33. The van der Waals surface area contributed by atoms with Gasteiger partial charge in [0.25, 0.3) is 0 Å². The minimum atomic E-state index is -2.98. The molecule has 31 heavy (non-hydrogen) atoms. The maximum Gasteiger partial charge on any atom is 0.235 e.